The predicted molar refractivity (Wildman–Crippen MR) is 92.0 cm³/mol. The highest BCUT2D eigenvalue weighted by Gasteiger charge is 2.53. The van der Waals surface area contributed by atoms with Crippen molar-refractivity contribution in [3.8, 4) is 16.8 Å². The van der Waals surface area contributed by atoms with Crippen LogP contribution in [-0.2, 0) is 5.54 Å². The average Bonchev–Trinajstić information content (AvgIpc) is 3.30. The van der Waals surface area contributed by atoms with Gasteiger partial charge < -0.3 is 9.47 Å². The van der Waals surface area contributed by atoms with Crippen LogP contribution >= 0.6 is 0 Å². The number of fused-ring (bicyclic) bond motifs is 4. The Morgan fingerprint density at radius 3 is 2.58 bits per heavy atom. The van der Waals surface area contributed by atoms with Gasteiger partial charge in [-0.1, -0.05) is 12.1 Å². The molecule has 118 valence electrons. The molecule has 1 fully saturated rings. The molecule has 5 rings (SSSR count). The third-order valence-electron chi connectivity index (χ3n) is 5.41. The summed E-state index contributed by atoms with van der Waals surface area (Å²) in [5.74, 6) is 0.0964. The summed E-state index contributed by atoms with van der Waals surface area (Å²) >= 11 is 0. The first-order valence-electron chi connectivity index (χ1n) is 8.21. The topological polar surface area (TPSA) is 38.1 Å². The summed E-state index contributed by atoms with van der Waals surface area (Å²) in [6.45, 7) is 0. The third kappa shape index (κ3) is 1.68. The first kappa shape index (κ1) is 13.5. The van der Waals surface area contributed by atoms with Crippen LogP contribution in [0.1, 0.15) is 28.9 Å². The van der Waals surface area contributed by atoms with Crippen LogP contribution in [0.2, 0.25) is 0 Å². The van der Waals surface area contributed by atoms with E-state index in [0.29, 0.717) is 0 Å². The molecule has 4 nitrogen and oxygen atoms in total. The molecule has 0 atom stereocenters. The van der Waals surface area contributed by atoms with Gasteiger partial charge in [0, 0.05) is 31.2 Å². The van der Waals surface area contributed by atoms with Crippen molar-refractivity contribution in [3.05, 3.63) is 72.3 Å². The number of rotatable bonds is 1. The van der Waals surface area contributed by atoms with Crippen LogP contribution in [0, 0.1) is 0 Å². The van der Waals surface area contributed by atoms with Gasteiger partial charge in [0.2, 0.25) is 0 Å². The van der Waals surface area contributed by atoms with E-state index in [1.807, 2.05) is 59.4 Å². The molecule has 1 saturated carbocycles. The van der Waals surface area contributed by atoms with Crippen molar-refractivity contribution >= 4 is 5.91 Å². The van der Waals surface area contributed by atoms with Crippen molar-refractivity contribution in [2.45, 2.75) is 18.4 Å². The number of nitrogens with zero attached hydrogens (tertiary/aromatic N) is 3. The van der Waals surface area contributed by atoms with E-state index in [9.17, 15) is 4.79 Å². The van der Waals surface area contributed by atoms with Crippen molar-refractivity contribution in [1.29, 1.82) is 0 Å². The zero-order valence-corrected chi connectivity index (χ0v) is 13.4. The van der Waals surface area contributed by atoms with Crippen molar-refractivity contribution < 1.29 is 4.79 Å². The lowest BCUT2D eigenvalue weighted by atomic mass is 9.97. The molecule has 1 amide bonds. The van der Waals surface area contributed by atoms with E-state index in [1.54, 1.807) is 0 Å². The van der Waals surface area contributed by atoms with Crippen LogP contribution < -0.4 is 0 Å². The van der Waals surface area contributed by atoms with E-state index in [2.05, 4.69) is 23.2 Å². The summed E-state index contributed by atoms with van der Waals surface area (Å²) in [6.07, 6.45) is 7.66. The summed E-state index contributed by atoms with van der Waals surface area (Å²) < 4.78 is 2.03. The fourth-order valence-corrected chi connectivity index (χ4v) is 3.88. The quantitative estimate of drug-likeness (QED) is 0.688. The molecule has 2 aromatic heterocycles. The van der Waals surface area contributed by atoms with E-state index < -0.39 is 0 Å². The van der Waals surface area contributed by atoms with Crippen LogP contribution in [0.3, 0.4) is 0 Å². The molecule has 0 N–H and O–H groups in total. The maximum Gasteiger partial charge on any atom is 0.271 e. The fraction of sp³-hybridized carbons (Fsp3) is 0.200. The van der Waals surface area contributed by atoms with Crippen LogP contribution in [0.25, 0.3) is 16.8 Å². The number of amides is 1. The van der Waals surface area contributed by atoms with Gasteiger partial charge in [-0.05, 0) is 54.3 Å². The average molecular weight is 315 g/mol. The molecule has 1 aliphatic carbocycles. The summed E-state index contributed by atoms with van der Waals surface area (Å²) in [7, 11) is 1.93. The molecule has 1 spiro atoms. The van der Waals surface area contributed by atoms with Gasteiger partial charge in [0.1, 0.15) is 5.69 Å². The first-order chi connectivity index (χ1) is 11.7. The first-order valence-corrected chi connectivity index (χ1v) is 8.21. The van der Waals surface area contributed by atoms with Crippen molar-refractivity contribution in [1.82, 2.24) is 14.5 Å². The molecule has 1 aromatic carbocycles. The molecule has 0 unspecified atom stereocenters. The highest BCUT2D eigenvalue weighted by atomic mass is 16.2. The molecule has 0 bridgehead atoms. The minimum Gasteiger partial charge on any atom is -0.331 e. The number of aromatic nitrogens is 2. The van der Waals surface area contributed by atoms with Gasteiger partial charge >= 0.3 is 0 Å². The highest BCUT2D eigenvalue weighted by molar-refractivity contribution is 5.95. The molecule has 3 aromatic rings. The Bertz CT molecular complexity index is 954. The Hall–Kier alpha value is -2.88. The molecular formula is C20H17N3O. The van der Waals surface area contributed by atoms with Crippen LogP contribution in [0.5, 0.6) is 0 Å². The Morgan fingerprint density at radius 1 is 1.04 bits per heavy atom. The van der Waals surface area contributed by atoms with Crippen LogP contribution in [0.4, 0.5) is 0 Å². The lowest BCUT2D eigenvalue weighted by Gasteiger charge is -2.27. The van der Waals surface area contributed by atoms with Crippen molar-refractivity contribution in [2.75, 3.05) is 7.05 Å². The minimum absolute atomic E-state index is 0.0964. The van der Waals surface area contributed by atoms with E-state index in [4.69, 9.17) is 0 Å². The third-order valence-corrected chi connectivity index (χ3v) is 5.41. The lowest BCUT2D eigenvalue weighted by Crippen LogP contribution is -2.36. The second-order valence-corrected chi connectivity index (χ2v) is 6.63. The maximum atomic E-state index is 12.9. The van der Waals surface area contributed by atoms with Gasteiger partial charge in [-0.2, -0.15) is 0 Å². The molecule has 3 heterocycles. The standard InChI is InChI=1S/C20H17N3O/c1-22-19(24)17-3-2-12-23(17)18-13-15(14-6-10-21-11-7-14)4-5-16(18)20(22)8-9-20/h2-7,10-13H,8-9H2,1H3. The minimum atomic E-state index is -0.137. The van der Waals surface area contributed by atoms with Crippen molar-refractivity contribution in [2.24, 2.45) is 0 Å². The van der Waals surface area contributed by atoms with Gasteiger partial charge in [-0.3, -0.25) is 9.78 Å². The lowest BCUT2D eigenvalue weighted by molar-refractivity contribution is 0.0705. The Morgan fingerprint density at radius 2 is 1.83 bits per heavy atom. The number of benzene rings is 1. The number of carbonyl (C=O) groups is 1. The normalized spacial score (nSPS) is 17.4. The van der Waals surface area contributed by atoms with E-state index in [-0.39, 0.29) is 11.4 Å². The number of hydrogen-bond acceptors (Lipinski definition) is 2. The van der Waals surface area contributed by atoms with E-state index >= 15 is 0 Å². The number of hydrogen-bond donors (Lipinski definition) is 0. The SMILES string of the molecule is CN1C(=O)c2cccn2-c2cc(-c3ccncc3)ccc2C12CC2. The summed E-state index contributed by atoms with van der Waals surface area (Å²) in [6, 6.07) is 14.4. The predicted octanol–water partition coefficient (Wildman–Crippen LogP) is 3.61. The Balaban J connectivity index is 1.78. The smallest absolute Gasteiger partial charge is 0.271 e. The number of carbonyl (C=O) groups excluding carboxylic acids is 1. The molecule has 1 aliphatic heterocycles. The zero-order chi connectivity index (χ0) is 16.3. The monoisotopic (exact) mass is 315 g/mol. The number of pyridine rings is 1. The molecule has 24 heavy (non-hydrogen) atoms. The highest BCUT2D eigenvalue weighted by Crippen LogP contribution is 2.54. The largest absolute Gasteiger partial charge is 0.331 e. The molecular weight excluding hydrogens is 298 g/mol. The molecule has 4 heteroatoms. The molecule has 0 radical (unpaired) electrons. The second-order valence-electron chi connectivity index (χ2n) is 6.63. The van der Waals surface area contributed by atoms with Crippen molar-refractivity contribution in [3.63, 3.8) is 0 Å². The molecule has 0 saturated heterocycles. The summed E-state index contributed by atoms with van der Waals surface area (Å²) in [5.41, 5.74) is 5.22. The maximum absolute atomic E-state index is 12.9. The van der Waals surface area contributed by atoms with Crippen LogP contribution in [-0.4, -0.2) is 27.4 Å². The summed E-state index contributed by atoms with van der Waals surface area (Å²) in [5, 5.41) is 0. The molecule has 2 aliphatic rings. The van der Waals surface area contributed by atoms with Gasteiger partial charge in [-0.15, -0.1) is 0 Å². The van der Waals surface area contributed by atoms with E-state index in [1.165, 1.54) is 5.56 Å². The zero-order valence-electron chi connectivity index (χ0n) is 13.4. The van der Waals surface area contributed by atoms with Crippen LogP contribution in [0.15, 0.2) is 61.1 Å². The fourth-order valence-electron chi connectivity index (χ4n) is 3.88. The Labute approximate surface area is 140 Å². The second kappa shape index (κ2) is 4.57. The Kier molecular flexibility index (Phi) is 2.58. The van der Waals surface area contributed by atoms with Gasteiger partial charge in [0.25, 0.3) is 5.91 Å². The van der Waals surface area contributed by atoms with Gasteiger partial charge in [-0.25, -0.2) is 0 Å². The summed E-state index contributed by atoms with van der Waals surface area (Å²) in [4.78, 5) is 18.9. The van der Waals surface area contributed by atoms with Gasteiger partial charge in [0.15, 0.2) is 0 Å². The van der Waals surface area contributed by atoms with Gasteiger partial charge in [0.05, 0.1) is 11.2 Å². The van der Waals surface area contributed by atoms with E-state index in [0.717, 1.165) is 35.3 Å².